The standard InChI is InChI=1S/C15H20ClIN6O/c1-3-4-5-15(2,8-20-13(17)24)23-12-11-10(21-14(18)22-12)6-9(16)7-19-11/h6-7H,3-5,8H2,1-2H3,(H,20,24)(H3,18,21,22,23)/t15-/m1/s1. The van der Waals surface area contributed by atoms with Gasteiger partial charge in [0.15, 0.2) is 5.82 Å². The van der Waals surface area contributed by atoms with Gasteiger partial charge < -0.3 is 16.4 Å². The SMILES string of the molecule is CCCC[C@](C)(CNC(=O)I)Nc1nc(N)nc2cc(Cl)cnc12. The van der Waals surface area contributed by atoms with E-state index in [1.54, 1.807) is 34.9 Å². The molecular weight excluding hydrogens is 443 g/mol. The second-order valence-electron chi connectivity index (χ2n) is 5.87. The molecule has 1 atom stereocenters. The van der Waals surface area contributed by atoms with E-state index in [2.05, 4.69) is 32.5 Å². The van der Waals surface area contributed by atoms with Crippen molar-refractivity contribution < 1.29 is 4.79 Å². The highest BCUT2D eigenvalue weighted by Crippen LogP contribution is 2.26. The van der Waals surface area contributed by atoms with Gasteiger partial charge in [-0.1, -0.05) is 31.4 Å². The third-order valence-electron chi connectivity index (χ3n) is 3.64. The van der Waals surface area contributed by atoms with Crippen molar-refractivity contribution in [3.05, 3.63) is 17.3 Å². The molecule has 9 heteroatoms. The minimum atomic E-state index is -0.383. The van der Waals surface area contributed by atoms with Crippen LogP contribution in [0.4, 0.5) is 16.6 Å². The van der Waals surface area contributed by atoms with Crippen molar-refractivity contribution in [1.29, 1.82) is 0 Å². The van der Waals surface area contributed by atoms with Crippen LogP contribution in [0.2, 0.25) is 5.02 Å². The molecule has 0 aliphatic carbocycles. The van der Waals surface area contributed by atoms with E-state index in [-0.39, 0.29) is 15.4 Å². The number of carbonyl (C=O) groups excluding carboxylic acids is 1. The Morgan fingerprint density at radius 2 is 2.21 bits per heavy atom. The second-order valence-corrected chi connectivity index (χ2v) is 7.28. The molecule has 1 amide bonds. The first kappa shape index (κ1) is 18.9. The van der Waals surface area contributed by atoms with Crippen molar-refractivity contribution >= 4 is 60.9 Å². The summed E-state index contributed by atoms with van der Waals surface area (Å²) in [5, 5.41) is 6.73. The van der Waals surface area contributed by atoms with Crippen LogP contribution >= 0.6 is 34.2 Å². The predicted molar refractivity (Wildman–Crippen MR) is 106 cm³/mol. The summed E-state index contributed by atoms with van der Waals surface area (Å²) >= 11 is 7.70. The molecule has 0 aromatic carbocycles. The molecular formula is C15H20ClIN6O. The van der Waals surface area contributed by atoms with Gasteiger partial charge in [0.05, 0.1) is 16.1 Å². The highest BCUT2D eigenvalue weighted by atomic mass is 127. The van der Waals surface area contributed by atoms with Crippen LogP contribution in [-0.4, -0.2) is 30.9 Å². The van der Waals surface area contributed by atoms with Gasteiger partial charge in [-0.2, -0.15) is 4.98 Å². The molecule has 0 aliphatic heterocycles. The van der Waals surface area contributed by atoms with E-state index in [1.165, 1.54) is 0 Å². The van der Waals surface area contributed by atoms with Crippen molar-refractivity contribution in [1.82, 2.24) is 20.3 Å². The second kappa shape index (κ2) is 8.11. The summed E-state index contributed by atoms with van der Waals surface area (Å²) in [6, 6.07) is 1.70. The lowest BCUT2D eigenvalue weighted by Gasteiger charge is -2.31. The normalized spacial score (nSPS) is 13.5. The molecule has 7 nitrogen and oxygen atoms in total. The van der Waals surface area contributed by atoms with Crippen LogP contribution in [0.1, 0.15) is 33.1 Å². The van der Waals surface area contributed by atoms with Gasteiger partial charge in [-0.15, -0.1) is 0 Å². The van der Waals surface area contributed by atoms with E-state index >= 15 is 0 Å². The summed E-state index contributed by atoms with van der Waals surface area (Å²) in [4.78, 5) is 24.1. The van der Waals surface area contributed by atoms with E-state index in [9.17, 15) is 4.79 Å². The fourth-order valence-corrected chi connectivity index (χ4v) is 2.75. The largest absolute Gasteiger partial charge is 0.368 e. The molecule has 0 saturated heterocycles. The number of anilines is 2. The molecule has 0 unspecified atom stereocenters. The molecule has 24 heavy (non-hydrogen) atoms. The van der Waals surface area contributed by atoms with Crippen molar-refractivity contribution in [3.8, 4) is 0 Å². The Kier molecular flexibility index (Phi) is 6.39. The first-order valence-corrected chi connectivity index (χ1v) is 9.09. The predicted octanol–water partition coefficient (Wildman–Crippen LogP) is 3.77. The molecule has 0 spiro atoms. The average molecular weight is 463 g/mol. The summed E-state index contributed by atoms with van der Waals surface area (Å²) in [6.45, 7) is 4.63. The minimum Gasteiger partial charge on any atom is -0.368 e. The van der Waals surface area contributed by atoms with E-state index in [0.717, 1.165) is 19.3 Å². The van der Waals surface area contributed by atoms with E-state index in [0.29, 0.717) is 28.4 Å². The van der Waals surface area contributed by atoms with Crippen LogP contribution in [0.15, 0.2) is 12.3 Å². The van der Waals surface area contributed by atoms with Crippen LogP contribution in [0.25, 0.3) is 11.0 Å². The Morgan fingerprint density at radius 1 is 1.46 bits per heavy atom. The number of halogens is 2. The van der Waals surface area contributed by atoms with E-state index < -0.39 is 0 Å². The number of unbranched alkanes of at least 4 members (excludes halogenated alkanes) is 1. The minimum absolute atomic E-state index is 0.103. The maximum atomic E-state index is 11.3. The van der Waals surface area contributed by atoms with Gasteiger partial charge in [-0.25, -0.2) is 9.97 Å². The van der Waals surface area contributed by atoms with E-state index in [4.69, 9.17) is 17.3 Å². The monoisotopic (exact) mass is 462 g/mol. The van der Waals surface area contributed by atoms with Crippen molar-refractivity contribution in [2.45, 2.75) is 38.6 Å². The van der Waals surface area contributed by atoms with Crippen LogP contribution in [0, 0.1) is 0 Å². The van der Waals surface area contributed by atoms with Crippen molar-refractivity contribution in [2.75, 3.05) is 17.6 Å². The zero-order chi connectivity index (χ0) is 17.7. The molecule has 4 N–H and O–H groups in total. The Balaban J connectivity index is 2.37. The van der Waals surface area contributed by atoms with Gasteiger partial charge in [0.25, 0.3) is 3.91 Å². The highest BCUT2D eigenvalue weighted by molar-refractivity contribution is 14.1. The van der Waals surface area contributed by atoms with Crippen LogP contribution in [0.3, 0.4) is 0 Å². The quantitative estimate of drug-likeness (QED) is 0.329. The molecule has 0 aliphatic rings. The summed E-state index contributed by atoms with van der Waals surface area (Å²) < 4.78 is -0.103. The highest BCUT2D eigenvalue weighted by Gasteiger charge is 2.26. The maximum absolute atomic E-state index is 11.3. The number of nitrogens with zero attached hydrogens (tertiary/aromatic N) is 3. The molecule has 2 heterocycles. The van der Waals surface area contributed by atoms with Gasteiger partial charge >= 0.3 is 0 Å². The lowest BCUT2D eigenvalue weighted by molar-refractivity contribution is 0.260. The lowest BCUT2D eigenvalue weighted by Crippen LogP contribution is -2.45. The first-order chi connectivity index (χ1) is 11.3. The van der Waals surface area contributed by atoms with Gasteiger partial charge in [0, 0.05) is 35.3 Å². The van der Waals surface area contributed by atoms with E-state index in [1.807, 2.05) is 6.92 Å². The Labute approximate surface area is 159 Å². The number of fused-ring (bicyclic) bond motifs is 1. The smallest absolute Gasteiger partial charge is 0.280 e. The number of rotatable bonds is 7. The number of nitrogens with two attached hydrogens (primary N) is 1. The Bertz CT molecular complexity index is 738. The third kappa shape index (κ3) is 5.04. The fraction of sp³-hybridized carbons (Fsp3) is 0.467. The first-order valence-electron chi connectivity index (χ1n) is 7.63. The molecule has 0 saturated carbocycles. The zero-order valence-corrected chi connectivity index (χ0v) is 16.5. The number of amides is 1. The summed E-state index contributed by atoms with van der Waals surface area (Å²) in [5.41, 5.74) is 6.60. The van der Waals surface area contributed by atoms with Gasteiger partial charge in [0.2, 0.25) is 5.95 Å². The number of carbonyl (C=O) groups is 1. The van der Waals surface area contributed by atoms with Crippen molar-refractivity contribution in [2.24, 2.45) is 0 Å². The number of nitrogen functional groups attached to an aromatic ring is 1. The molecule has 0 bridgehead atoms. The maximum Gasteiger partial charge on any atom is 0.280 e. The van der Waals surface area contributed by atoms with Crippen LogP contribution in [0.5, 0.6) is 0 Å². The lowest BCUT2D eigenvalue weighted by atomic mass is 9.94. The molecule has 2 rings (SSSR count). The summed E-state index contributed by atoms with van der Waals surface area (Å²) in [6.07, 6.45) is 4.47. The van der Waals surface area contributed by atoms with Crippen LogP contribution in [-0.2, 0) is 0 Å². The number of hydrogen-bond donors (Lipinski definition) is 3. The Hall–Kier alpha value is -1.42. The van der Waals surface area contributed by atoms with Crippen molar-refractivity contribution in [3.63, 3.8) is 0 Å². The molecule has 2 aromatic heterocycles. The zero-order valence-electron chi connectivity index (χ0n) is 13.6. The topological polar surface area (TPSA) is 106 Å². The molecule has 130 valence electrons. The number of nitrogens with one attached hydrogen (secondary N) is 2. The molecule has 0 radical (unpaired) electrons. The van der Waals surface area contributed by atoms with Gasteiger partial charge in [0.1, 0.15) is 5.52 Å². The summed E-state index contributed by atoms with van der Waals surface area (Å²) in [5.74, 6) is 0.681. The number of aromatic nitrogens is 3. The number of hydrogen-bond acceptors (Lipinski definition) is 6. The number of pyridine rings is 1. The third-order valence-corrected chi connectivity index (χ3v) is 4.23. The van der Waals surface area contributed by atoms with Gasteiger partial charge in [-0.05, 0) is 19.4 Å². The van der Waals surface area contributed by atoms with Crippen LogP contribution < -0.4 is 16.4 Å². The molecule has 0 fully saturated rings. The average Bonchev–Trinajstić information content (AvgIpc) is 2.50. The summed E-state index contributed by atoms with van der Waals surface area (Å²) in [7, 11) is 0. The fourth-order valence-electron chi connectivity index (χ4n) is 2.41. The Morgan fingerprint density at radius 3 is 2.88 bits per heavy atom. The van der Waals surface area contributed by atoms with Gasteiger partial charge in [-0.3, -0.25) is 4.79 Å². The molecule has 2 aromatic rings.